The first kappa shape index (κ1) is 16.8. The molecule has 0 bridgehead atoms. The van der Waals surface area contributed by atoms with Gasteiger partial charge in [0.25, 0.3) is 5.91 Å². The topological polar surface area (TPSA) is 72.8 Å². The third kappa shape index (κ3) is 4.37. The number of aliphatic hydroxyl groups is 2. The summed E-state index contributed by atoms with van der Waals surface area (Å²) in [5.74, 6) is -0.0579. The highest BCUT2D eigenvalue weighted by Gasteiger charge is 2.14. The predicted molar refractivity (Wildman–Crippen MR) is 80.3 cm³/mol. The summed E-state index contributed by atoms with van der Waals surface area (Å²) < 4.78 is 0. The van der Waals surface area contributed by atoms with Crippen molar-refractivity contribution in [2.75, 3.05) is 31.6 Å². The Balaban J connectivity index is 2.87. The van der Waals surface area contributed by atoms with Gasteiger partial charge in [-0.1, -0.05) is 11.6 Å². The van der Waals surface area contributed by atoms with Crippen LogP contribution in [0.25, 0.3) is 0 Å². The van der Waals surface area contributed by atoms with Gasteiger partial charge in [-0.25, -0.2) is 0 Å². The molecule has 5 nitrogen and oxygen atoms in total. The first-order chi connectivity index (χ1) is 9.53. The fourth-order valence-corrected chi connectivity index (χ4v) is 1.96. The largest absolute Gasteiger partial charge is 0.394 e. The smallest absolute Gasteiger partial charge is 0.253 e. The standard InChI is InChI=1S/C14H21ClN2O3/c1-3-17(4-2)14(20)10-5-6-12(15)13(7-10)16-8-11(19)9-18/h5-7,11,16,18-19H,3-4,8-9H2,1-2H3. The summed E-state index contributed by atoms with van der Waals surface area (Å²) in [5, 5.41) is 21.5. The highest BCUT2D eigenvalue weighted by atomic mass is 35.5. The number of hydrogen-bond acceptors (Lipinski definition) is 4. The van der Waals surface area contributed by atoms with E-state index >= 15 is 0 Å². The van der Waals surface area contributed by atoms with Crippen LogP contribution < -0.4 is 5.32 Å². The van der Waals surface area contributed by atoms with E-state index in [-0.39, 0.29) is 19.1 Å². The van der Waals surface area contributed by atoms with Crippen LogP contribution in [0.3, 0.4) is 0 Å². The van der Waals surface area contributed by atoms with Crippen molar-refractivity contribution in [1.29, 1.82) is 0 Å². The van der Waals surface area contributed by atoms with E-state index in [4.69, 9.17) is 16.7 Å². The molecule has 112 valence electrons. The molecule has 1 rings (SSSR count). The molecular formula is C14H21ClN2O3. The number of nitrogens with zero attached hydrogens (tertiary/aromatic N) is 1. The molecule has 0 saturated heterocycles. The van der Waals surface area contributed by atoms with Crippen LogP contribution in [0.15, 0.2) is 18.2 Å². The molecule has 0 radical (unpaired) electrons. The van der Waals surface area contributed by atoms with Crippen LogP contribution in [0.2, 0.25) is 5.02 Å². The molecule has 3 N–H and O–H groups in total. The van der Waals surface area contributed by atoms with Crippen LogP contribution in [0.5, 0.6) is 0 Å². The van der Waals surface area contributed by atoms with Crippen molar-refractivity contribution >= 4 is 23.2 Å². The SMILES string of the molecule is CCN(CC)C(=O)c1ccc(Cl)c(NCC(O)CO)c1. The molecule has 20 heavy (non-hydrogen) atoms. The van der Waals surface area contributed by atoms with Crippen LogP contribution in [0, 0.1) is 0 Å². The highest BCUT2D eigenvalue weighted by molar-refractivity contribution is 6.33. The van der Waals surface area contributed by atoms with Crippen LogP contribution in [0.1, 0.15) is 24.2 Å². The monoisotopic (exact) mass is 300 g/mol. The second-order valence-corrected chi connectivity index (χ2v) is 4.80. The molecule has 0 fully saturated rings. The molecule has 0 aliphatic rings. The van der Waals surface area contributed by atoms with Crippen molar-refractivity contribution in [2.45, 2.75) is 20.0 Å². The number of rotatable bonds is 7. The van der Waals surface area contributed by atoms with E-state index in [1.54, 1.807) is 23.1 Å². The van der Waals surface area contributed by atoms with Crippen LogP contribution >= 0.6 is 11.6 Å². The second kappa shape index (κ2) is 8.09. The number of halogens is 1. The van der Waals surface area contributed by atoms with Crippen LogP contribution in [0.4, 0.5) is 5.69 Å². The van der Waals surface area contributed by atoms with Gasteiger partial charge < -0.3 is 20.4 Å². The molecule has 0 aliphatic carbocycles. The summed E-state index contributed by atoms with van der Waals surface area (Å²) in [5.41, 5.74) is 1.11. The lowest BCUT2D eigenvalue weighted by atomic mass is 10.1. The van der Waals surface area contributed by atoms with Gasteiger partial charge in [-0.2, -0.15) is 0 Å². The highest BCUT2D eigenvalue weighted by Crippen LogP contribution is 2.23. The van der Waals surface area contributed by atoms with Gasteiger partial charge in [0.05, 0.1) is 23.4 Å². The average Bonchev–Trinajstić information content (AvgIpc) is 2.47. The zero-order valence-corrected chi connectivity index (χ0v) is 12.5. The molecule has 1 aromatic rings. The van der Waals surface area contributed by atoms with Crippen molar-refractivity contribution in [3.63, 3.8) is 0 Å². The van der Waals surface area contributed by atoms with E-state index in [0.717, 1.165) is 0 Å². The average molecular weight is 301 g/mol. The van der Waals surface area contributed by atoms with Gasteiger partial charge in [-0.05, 0) is 32.0 Å². The minimum absolute atomic E-state index is 0.0579. The number of aliphatic hydroxyl groups excluding tert-OH is 2. The Bertz CT molecular complexity index is 450. The zero-order valence-electron chi connectivity index (χ0n) is 11.8. The van der Waals surface area contributed by atoms with Gasteiger partial charge in [0, 0.05) is 25.2 Å². The van der Waals surface area contributed by atoms with Gasteiger partial charge in [0.15, 0.2) is 0 Å². The van der Waals surface area contributed by atoms with E-state index in [9.17, 15) is 9.90 Å². The fraction of sp³-hybridized carbons (Fsp3) is 0.500. The number of nitrogens with one attached hydrogen (secondary N) is 1. The third-order valence-electron chi connectivity index (χ3n) is 3.00. The summed E-state index contributed by atoms with van der Waals surface area (Å²) in [6.45, 7) is 4.97. The predicted octanol–water partition coefficient (Wildman–Crippen LogP) is 1.59. The Morgan fingerprint density at radius 1 is 1.40 bits per heavy atom. The van der Waals surface area contributed by atoms with Crippen molar-refractivity contribution < 1.29 is 15.0 Å². The lowest BCUT2D eigenvalue weighted by Crippen LogP contribution is -2.30. The summed E-state index contributed by atoms with van der Waals surface area (Å²) in [6.07, 6.45) is -0.867. The van der Waals surface area contributed by atoms with Crippen LogP contribution in [-0.4, -0.2) is 53.4 Å². The van der Waals surface area contributed by atoms with E-state index in [2.05, 4.69) is 5.32 Å². The summed E-state index contributed by atoms with van der Waals surface area (Å²) >= 11 is 6.04. The molecule has 0 aromatic heterocycles. The van der Waals surface area contributed by atoms with Crippen molar-refractivity contribution in [2.24, 2.45) is 0 Å². The Kier molecular flexibility index (Phi) is 6.78. The van der Waals surface area contributed by atoms with Gasteiger partial charge in [0.1, 0.15) is 0 Å². The minimum atomic E-state index is -0.867. The van der Waals surface area contributed by atoms with Crippen molar-refractivity contribution in [3.05, 3.63) is 28.8 Å². The summed E-state index contributed by atoms with van der Waals surface area (Å²) in [6, 6.07) is 4.98. The van der Waals surface area contributed by atoms with E-state index < -0.39 is 6.10 Å². The normalized spacial score (nSPS) is 12.1. The third-order valence-corrected chi connectivity index (χ3v) is 3.33. The Hall–Kier alpha value is -1.30. The van der Waals surface area contributed by atoms with Gasteiger partial charge >= 0.3 is 0 Å². The molecule has 6 heteroatoms. The molecular weight excluding hydrogens is 280 g/mol. The van der Waals surface area contributed by atoms with E-state index in [1.807, 2.05) is 13.8 Å². The molecule has 1 aromatic carbocycles. The maximum Gasteiger partial charge on any atom is 0.253 e. The number of anilines is 1. The number of hydrogen-bond donors (Lipinski definition) is 3. The first-order valence-corrected chi connectivity index (χ1v) is 7.02. The Morgan fingerprint density at radius 3 is 2.60 bits per heavy atom. The van der Waals surface area contributed by atoms with Crippen molar-refractivity contribution in [3.8, 4) is 0 Å². The molecule has 1 atom stereocenters. The molecule has 0 spiro atoms. The van der Waals surface area contributed by atoms with E-state index in [1.165, 1.54) is 0 Å². The fourth-order valence-electron chi connectivity index (χ4n) is 1.78. The first-order valence-electron chi connectivity index (χ1n) is 6.65. The molecule has 0 saturated carbocycles. The lowest BCUT2D eigenvalue weighted by molar-refractivity contribution is 0.0773. The maximum absolute atomic E-state index is 12.2. The van der Waals surface area contributed by atoms with Gasteiger partial charge in [0.2, 0.25) is 0 Å². The lowest BCUT2D eigenvalue weighted by Gasteiger charge is -2.19. The molecule has 0 heterocycles. The zero-order chi connectivity index (χ0) is 15.1. The van der Waals surface area contributed by atoms with Crippen LogP contribution in [-0.2, 0) is 0 Å². The second-order valence-electron chi connectivity index (χ2n) is 4.39. The Labute approximate surface area is 124 Å². The number of benzene rings is 1. The maximum atomic E-state index is 12.2. The summed E-state index contributed by atoms with van der Waals surface area (Å²) in [4.78, 5) is 13.9. The minimum Gasteiger partial charge on any atom is -0.394 e. The summed E-state index contributed by atoms with van der Waals surface area (Å²) in [7, 11) is 0. The van der Waals surface area contributed by atoms with Gasteiger partial charge in [-0.3, -0.25) is 4.79 Å². The quantitative estimate of drug-likeness (QED) is 0.715. The number of carbonyl (C=O) groups excluding carboxylic acids is 1. The van der Waals surface area contributed by atoms with E-state index in [0.29, 0.717) is 29.4 Å². The number of carbonyl (C=O) groups is 1. The van der Waals surface area contributed by atoms with Crippen molar-refractivity contribution in [1.82, 2.24) is 4.90 Å². The van der Waals surface area contributed by atoms with Gasteiger partial charge in [-0.15, -0.1) is 0 Å². The molecule has 1 unspecified atom stereocenters. The molecule has 0 aliphatic heterocycles. The number of amides is 1. The Morgan fingerprint density at radius 2 is 2.05 bits per heavy atom. The molecule has 1 amide bonds.